The minimum absolute atomic E-state index is 0.0811. The first kappa shape index (κ1) is 27.1. The number of rotatable bonds is 6. The van der Waals surface area contributed by atoms with Gasteiger partial charge in [0.05, 0.1) is 24.9 Å². The first-order valence-electron chi connectivity index (χ1n) is 14.0. The Bertz CT molecular complexity index is 1490. The van der Waals surface area contributed by atoms with Gasteiger partial charge in [-0.25, -0.2) is 14.6 Å². The second kappa shape index (κ2) is 10.1. The Morgan fingerprint density at radius 2 is 1.95 bits per heavy atom. The lowest BCUT2D eigenvalue weighted by Gasteiger charge is -2.61. The van der Waals surface area contributed by atoms with Gasteiger partial charge in [0.1, 0.15) is 22.8 Å². The lowest BCUT2D eigenvalue weighted by Crippen LogP contribution is -2.75. The predicted octanol–water partition coefficient (Wildman–Crippen LogP) is 3.55. The third kappa shape index (κ3) is 4.77. The van der Waals surface area contributed by atoms with Crippen molar-refractivity contribution < 1.29 is 23.9 Å². The van der Waals surface area contributed by atoms with Crippen LogP contribution in [0.1, 0.15) is 44.7 Å². The van der Waals surface area contributed by atoms with Gasteiger partial charge in [0, 0.05) is 38.8 Å². The molecule has 4 saturated heterocycles. The van der Waals surface area contributed by atoms with Crippen molar-refractivity contribution in [2.24, 2.45) is 0 Å². The van der Waals surface area contributed by atoms with Crippen molar-refractivity contribution >= 4 is 29.5 Å². The number of nitrogens with one attached hydrogen (secondary N) is 1. The molecule has 2 unspecified atom stereocenters. The van der Waals surface area contributed by atoms with Crippen molar-refractivity contribution in [1.29, 1.82) is 0 Å². The van der Waals surface area contributed by atoms with Crippen molar-refractivity contribution in [2.75, 3.05) is 38.2 Å². The molecule has 3 aromatic rings. The summed E-state index contributed by atoms with van der Waals surface area (Å²) < 4.78 is 12.8. The Hall–Kier alpha value is -4.12. The predicted molar refractivity (Wildman–Crippen MR) is 152 cm³/mol. The Balaban J connectivity index is 1.22. The van der Waals surface area contributed by atoms with Gasteiger partial charge in [-0.2, -0.15) is 0 Å². The largest absolute Gasteiger partial charge is 0.497 e. The number of ether oxygens (including phenoxy) is 2. The Morgan fingerprint density at radius 3 is 2.66 bits per heavy atom. The third-order valence-electron chi connectivity index (χ3n) is 8.19. The highest BCUT2D eigenvalue weighted by molar-refractivity contribution is 6.05. The molecule has 0 spiro atoms. The summed E-state index contributed by atoms with van der Waals surface area (Å²) in [4.78, 5) is 48.8. The number of pyridine rings is 1. The third-order valence-corrected chi connectivity index (χ3v) is 8.19. The molecule has 4 aliphatic rings. The molecule has 4 fully saturated rings. The van der Waals surface area contributed by atoms with Gasteiger partial charge in [-0.05, 0) is 69.0 Å². The van der Waals surface area contributed by atoms with E-state index in [1.165, 1.54) is 4.90 Å². The van der Waals surface area contributed by atoms with E-state index in [0.29, 0.717) is 31.0 Å². The van der Waals surface area contributed by atoms with Crippen LogP contribution in [0.4, 0.5) is 15.4 Å². The molecule has 4 aliphatic heterocycles. The van der Waals surface area contributed by atoms with Crippen LogP contribution >= 0.6 is 0 Å². The van der Waals surface area contributed by atoms with Gasteiger partial charge in [0.2, 0.25) is 5.91 Å². The molecule has 11 nitrogen and oxygen atoms in total. The molecule has 2 bridgehead atoms. The topological polar surface area (TPSA) is 109 Å². The fourth-order valence-electron chi connectivity index (χ4n) is 6.19. The van der Waals surface area contributed by atoms with Crippen LogP contribution < -0.4 is 15.0 Å². The van der Waals surface area contributed by atoms with E-state index in [0.717, 1.165) is 29.8 Å². The van der Waals surface area contributed by atoms with Crippen molar-refractivity contribution in [3.8, 4) is 5.75 Å². The van der Waals surface area contributed by atoms with Crippen LogP contribution in [-0.4, -0.2) is 82.1 Å². The zero-order chi connectivity index (χ0) is 28.9. The van der Waals surface area contributed by atoms with E-state index in [2.05, 4.69) is 10.3 Å². The van der Waals surface area contributed by atoms with E-state index in [1.807, 2.05) is 72.7 Å². The highest BCUT2D eigenvalue weighted by atomic mass is 16.6. The molecule has 0 saturated carbocycles. The Kier molecular flexibility index (Phi) is 6.64. The number of hydrogen-bond acceptors (Lipinski definition) is 7. The van der Waals surface area contributed by atoms with Crippen molar-refractivity contribution in [3.63, 3.8) is 0 Å². The SMILES string of the molecule is COc1ccc(CCN2C(=O)CCN(c3cnc4cc(C56CNCC(C5)N6C(=O)OC(C)(C)C)ccn34)C2=O)cc1. The van der Waals surface area contributed by atoms with Gasteiger partial charge in [-0.3, -0.25) is 23.9 Å². The molecule has 41 heavy (non-hydrogen) atoms. The molecule has 2 atom stereocenters. The van der Waals surface area contributed by atoms with Crippen LogP contribution in [-0.2, 0) is 21.5 Å². The average Bonchev–Trinajstić information content (AvgIpc) is 3.35. The van der Waals surface area contributed by atoms with Crippen LogP contribution in [0, 0.1) is 0 Å². The van der Waals surface area contributed by atoms with E-state index in [9.17, 15) is 14.4 Å². The number of hydrogen-bond donors (Lipinski definition) is 1. The van der Waals surface area contributed by atoms with Gasteiger partial charge in [0.25, 0.3) is 0 Å². The number of carbonyl (C=O) groups excluding carboxylic acids is 3. The summed E-state index contributed by atoms with van der Waals surface area (Å²) in [7, 11) is 1.61. The maximum absolute atomic E-state index is 13.5. The maximum atomic E-state index is 13.5. The van der Waals surface area contributed by atoms with Crippen molar-refractivity contribution in [2.45, 2.75) is 57.2 Å². The number of aromatic nitrogens is 2. The van der Waals surface area contributed by atoms with Crippen LogP contribution in [0.3, 0.4) is 0 Å². The van der Waals surface area contributed by atoms with Crippen LogP contribution in [0.5, 0.6) is 5.75 Å². The number of amides is 4. The minimum atomic E-state index is -0.581. The molecule has 11 heteroatoms. The minimum Gasteiger partial charge on any atom is -0.497 e. The lowest BCUT2D eigenvalue weighted by atomic mass is 9.71. The first-order chi connectivity index (χ1) is 19.6. The Morgan fingerprint density at radius 1 is 1.17 bits per heavy atom. The molecule has 1 N–H and O–H groups in total. The van der Waals surface area contributed by atoms with Crippen LogP contribution in [0.15, 0.2) is 48.8 Å². The molecule has 0 radical (unpaired) electrons. The number of anilines is 1. The Labute approximate surface area is 239 Å². The van der Waals surface area contributed by atoms with Gasteiger partial charge < -0.3 is 14.8 Å². The molecule has 216 valence electrons. The molecule has 0 aliphatic carbocycles. The number of urea groups is 1. The van der Waals surface area contributed by atoms with E-state index >= 15 is 0 Å². The number of imidazole rings is 1. The smallest absolute Gasteiger partial charge is 0.411 e. The number of nitrogens with zero attached hydrogens (tertiary/aromatic N) is 5. The number of fused-ring (bicyclic) bond motifs is 3. The quantitative estimate of drug-likeness (QED) is 0.491. The molecule has 7 rings (SSSR count). The maximum Gasteiger partial charge on any atom is 0.411 e. The van der Waals surface area contributed by atoms with Gasteiger partial charge in [-0.15, -0.1) is 0 Å². The number of carbonyl (C=O) groups is 3. The normalized spacial score (nSPS) is 22.6. The van der Waals surface area contributed by atoms with Crippen LogP contribution in [0.2, 0.25) is 0 Å². The number of benzene rings is 1. The van der Waals surface area contributed by atoms with Crippen molar-refractivity contribution in [3.05, 3.63) is 59.9 Å². The average molecular weight is 561 g/mol. The standard InChI is InChI=1S/C30H36N6O5/c1-29(2,3)41-28(39)36-22-16-30(36,19-31-17-22)21-10-13-33-24(15-21)32-18-25(33)34-14-11-26(37)35(27(34)38)12-9-20-5-7-23(40-4)8-6-20/h5-8,10,13,15,18,22,31H,9,11-12,14,16-17,19H2,1-4H3. The monoisotopic (exact) mass is 560 g/mol. The van der Waals surface area contributed by atoms with E-state index in [-0.39, 0.29) is 37.0 Å². The number of piperazine rings is 1. The molecular weight excluding hydrogens is 524 g/mol. The van der Waals surface area contributed by atoms with Gasteiger partial charge in [-0.1, -0.05) is 12.1 Å². The second-order valence-electron chi connectivity index (χ2n) is 12.0. The molecule has 6 heterocycles. The highest BCUT2D eigenvalue weighted by Gasteiger charge is 2.58. The summed E-state index contributed by atoms with van der Waals surface area (Å²) in [6.07, 6.45) is 4.89. The molecule has 1 aromatic carbocycles. The summed E-state index contributed by atoms with van der Waals surface area (Å²) in [5, 5.41) is 3.45. The van der Waals surface area contributed by atoms with Gasteiger partial charge >= 0.3 is 12.1 Å². The zero-order valence-corrected chi connectivity index (χ0v) is 23.9. The molecule has 4 amide bonds. The summed E-state index contributed by atoms with van der Waals surface area (Å²) in [6.45, 7) is 7.56. The molecular formula is C30H36N6O5. The van der Waals surface area contributed by atoms with E-state index in [1.54, 1.807) is 18.2 Å². The second-order valence-corrected chi connectivity index (χ2v) is 12.0. The van der Waals surface area contributed by atoms with Crippen molar-refractivity contribution in [1.82, 2.24) is 24.5 Å². The number of methoxy groups -OCH3 is 1. The van der Waals surface area contributed by atoms with Crippen LogP contribution in [0.25, 0.3) is 5.65 Å². The summed E-state index contributed by atoms with van der Waals surface area (Å²) in [5.41, 5.74) is 1.56. The fourth-order valence-corrected chi connectivity index (χ4v) is 6.19. The summed E-state index contributed by atoms with van der Waals surface area (Å²) in [5.74, 6) is 1.18. The highest BCUT2D eigenvalue weighted by Crippen LogP contribution is 2.48. The number of imide groups is 1. The molecule has 2 aromatic heterocycles. The first-order valence-corrected chi connectivity index (χ1v) is 14.0. The zero-order valence-electron chi connectivity index (χ0n) is 23.9. The number of piperidine rings is 1. The van der Waals surface area contributed by atoms with E-state index < -0.39 is 11.1 Å². The van der Waals surface area contributed by atoms with E-state index in [4.69, 9.17) is 9.47 Å². The lowest BCUT2D eigenvalue weighted by molar-refractivity contribution is -0.128. The summed E-state index contributed by atoms with van der Waals surface area (Å²) in [6, 6.07) is 11.3. The fraction of sp³-hybridized carbons (Fsp3) is 0.467. The van der Waals surface area contributed by atoms with Gasteiger partial charge in [0.15, 0.2) is 0 Å². The summed E-state index contributed by atoms with van der Waals surface area (Å²) >= 11 is 0.